The molecule has 4 nitrogen and oxygen atoms in total. The molecule has 0 atom stereocenters. The number of hydrogen-bond donors (Lipinski definition) is 0. The number of aryl methyl sites for hydroxylation is 1. The zero-order chi connectivity index (χ0) is 9.26. The molecule has 0 fully saturated rings. The van der Waals surface area contributed by atoms with Gasteiger partial charge in [0.15, 0.2) is 10.4 Å². The summed E-state index contributed by atoms with van der Waals surface area (Å²) in [5, 5.41) is 3.96. The molecule has 13 heavy (non-hydrogen) atoms. The quantitative estimate of drug-likeness (QED) is 0.813. The second-order valence-electron chi connectivity index (χ2n) is 2.51. The lowest BCUT2D eigenvalue weighted by atomic mass is 10.6. The van der Waals surface area contributed by atoms with Gasteiger partial charge in [-0.3, -0.25) is 4.68 Å². The lowest BCUT2D eigenvalue weighted by Gasteiger charge is -1.95. The average Bonchev–Trinajstić information content (AvgIpc) is 2.62. The Labute approximate surface area is 83.2 Å². The van der Waals surface area contributed by atoms with Crippen molar-refractivity contribution in [1.29, 1.82) is 0 Å². The van der Waals surface area contributed by atoms with Crippen LogP contribution in [0, 0.1) is 0 Å². The zero-order valence-corrected chi connectivity index (χ0v) is 8.48. The standard InChI is InChI=1S/C8H7BrN2O2/c1-11-5-6(4-10-11)12-8-3-2-7(9)13-8/h2-5H,1H3. The Morgan fingerprint density at radius 1 is 1.54 bits per heavy atom. The van der Waals surface area contributed by atoms with Gasteiger partial charge in [-0.25, -0.2) is 0 Å². The van der Waals surface area contributed by atoms with Crippen LogP contribution in [0.1, 0.15) is 0 Å². The van der Waals surface area contributed by atoms with E-state index in [-0.39, 0.29) is 0 Å². The molecular formula is C8H7BrN2O2. The van der Waals surface area contributed by atoms with E-state index in [1.807, 2.05) is 7.05 Å². The third kappa shape index (κ3) is 1.92. The Kier molecular flexibility index (Phi) is 2.10. The van der Waals surface area contributed by atoms with E-state index in [1.165, 1.54) is 0 Å². The fourth-order valence-electron chi connectivity index (χ4n) is 0.920. The van der Waals surface area contributed by atoms with Crippen LogP contribution in [0.5, 0.6) is 11.7 Å². The van der Waals surface area contributed by atoms with Gasteiger partial charge in [-0.05, 0) is 22.0 Å². The summed E-state index contributed by atoms with van der Waals surface area (Å²) in [7, 11) is 1.82. The van der Waals surface area contributed by atoms with Gasteiger partial charge in [0.1, 0.15) is 0 Å². The fourth-order valence-corrected chi connectivity index (χ4v) is 1.21. The zero-order valence-electron chi connectivity index (χ0n) is 6.90. The molecule has 0 saturated carbocycles. The van der Waals surface area contributed by atoms with Crippen LogP contribution in [0.2, 0.25) is 0 Å². The molecule has 0 amide bonds. The third-order valence-corrected chi connectivity index (χ3v) is 1.87. The van der Waals surface area contributed by atoms with Crippen molar-refractivity contribution in [2.75, 3.05) is 0 Å². The first kappa shape index (κ1) is 8.37. The maximum atomic E-state index is 5.34. The van der Waals surface area contributed by atoms with Crippen LogP contribution < -0.4 is 4.74 Å². The highest BCUT2D eigenvalue weighted by atomic mass is 79.9. The van der Waals surface area contributed by atoms with Crippen molar-refractivity contribution in [3.63, 3.8) is 0 Å². The summed E-state index contributed by atoms with van der Waals surface area (Å²) in [5.41, 5.74) is 0. The molecule has 2 rings (SSSR count). The molecular weight excluding hydrogens is 236 g/mol. The van der Waals surface area contributed by atoms with E-state index in [0.29, 0.717) is 16.4 Å². The summed E-state index contributed by atoms with van der Waals surface area (Å²) in [6.07, 6.45) is 3.38. The Hall–Kier alpha value is -1.23. The van der Waals surface area contributed by atoms with Crippen molar-refractivity contribution in [3.8, 4) is 11.7 Å². The van der Waals surface area contributed by atoms with Crippen molar-refractivity contribution < 1.29 is 9.15 Å². The predicted octanol–water partition coefficient (Wildman–Crippen LogP) is 2.57. The highest BCUT2D eigenvalue weighted by Crippen LogP contribution is 2.25. The monoisotopic (exact) mass is 242 g/mol. The Balaban J connectivity index is 2.14. The van der Waals surface area contributed by atoms with Gasteiger partial charge in [0, 0.05) is 13.1 Å². The third-order valence-electron chi connectivity index (χ3n) is 1.45. The normalized spacial score (nSPS) is 10.3. The van der Waals surface area contributed by atoms with Gasteiger partial charge < -0.3 is 9.15 Å². The minimum absolute atomic E-state index is 0.444. The van der Waals surface area contributed by atoms with Gasteiger partial charge in [0.25, 0.3) is 5.95 Å². The molecule has 2 heterocycles. The molecule has 0 saturated heterocycles. The molecule has 2 aromatic heterocycles. The van der Waals surface area contributed by atoms with E-state index in [2.05, 4.69) is 21.0 Å². The lowest BCUT2D eigenvalue weighted by molar-refractivity contribution is 0.338. The maximum absolute atomic E-state index is 5.34. The Bertz CT molecular complexity index is 369. The fraction of sp³-hybridized carbons (Fsp3) is 0.125. The topological polar surface area (TPSA) is 40.2 Å². The molecule has 0 radical (unpaired) electrons. The number of halogens is 1. The van der Waals surface area contributed by atoms with Crippen LogP contribution in [0.4, 0.5) is 0 Å². The lowest BCUT2D eigenvalue weighted by Crippen LogP contribution is -1.84. The van der Waals surface area contributed by atoms with Gasteiger partial charge in [-0.2, -0.15) is 5.10 Å². The van der Waals surface area contributed by atoms with E-state index < -0.39 is 0 Å². The second-order valence-corrected chi connectivity index (χ2v) is 3.29. The smallest absolute Gasteiger partial charge is 0.291 e. The van der Waals surface area contributed by atoms with Crippen LogP contribution in [0.25, 0.3) is 0 Å². The van der Waals surface area contributed by atoms with E-state index in [9.17, 15) is 0 Å². The Morgan fingerprint density at radius 3 is 2.92 bits per heavy atom. The van der Waals surface area contributed by atoms with E-state index in [4.69, 9.17) is 9.15 Å². The molecule has 0 N–H and O–H groups in total. The van der Waals surface area contributed by atoms with Gasteiger partial charge in [-0.15, -0.1) is 0 Å². The van der Waals surface area contributed by atoms with E-state index in [1.54, 1.807) is 29.2 Å². The molecule has 0 aromatic carbocycles. The molecule has 0 aliphatic rings. The van der Waals surface area contributed by atoms with E-state index in [0.717, 1.165) is 0 Å². The first-order valence-corrected chi connectivity index (χ1v) is 4.45. The molecule has 0 aliphatic heterocycles. The van der Waals surface area contributed by atoms with Crippen molar-refractivity contribution in [3.05, 3.63) is 29.2 Å². The van der Waals surface area contributed by atoms with Gasteiger partial charge in [0.2, 0.25) is 0 Å². The molecule has 0 bridgehead atoms. The summed E-state index contributed by atoms with van der Waals surface area (Å²) in [5.74, 6) is 1.10. The van der Waals surface area contributed by atoms with Gasteiger partial charge in [-0.1, -0.05) is 0 Å². The molecule has 68 valence electrons. The van der Waals surface area contributed by atoms with Crippen molar-refractivity contribution in [2.45, 2.75) is 0 Å². The number of hydrogen-bond acceptors (Lipinski definition) is 3. The first-order chi connectivity index (χ1) is 6.24. The largest absolute Gasteiger partial charge is 0.423 e. The number of ether oxygens (including phenoxy) is 1. The van der Waals surface area contributed by atoms with Gasteiger partial charge >= 0.3 is 0 Å². The Morgan fingerprint density at radius 2 is 2.38 bits per heavy atom. The van der Waals surface area contributed by atoms with Crippen LogP contribution in [-0.2, 0) is 7.05 Å². The van der Waals surface area contributed by atoms with Crippen LogP contribution >= 0.6 is 15.9 Å². The highest BCUT2D eigenvalue weighted by molar-refractivity contribution is 9.10. The van der Waals surface area contributed by atoms with Gasteiger partial charge in [0.05, 0.1) is 12.4 Å². The van der Waals surface area contributed by atoms with Crippen LogP contribution in [-0.4, -0.2) is 9.78 Å². The summed E-state index contributed by atoms with van der Waals surface area (Å²) in [4.78, 5) is 0. The summed E-state index contributed by atoms with van der Waals surface area (Å²) < 4.78 is 12.8. The number of furan rings is 1. The van der Waals surface area contributed by atoms with E-state index >= 15 is 0 Å². The molecule has 0 spiro atoms. The SMILES string of the molecule is Cn1cc(Oc2ccc(Br)o2)cn1. The summed E-state index contributed by atoms with van der Waals surface area (Å²) in [6.45, 7) is 0. The van der Waals surface area contributed by atoms with Crippen LogP contribution in [0.15, 0.2) is 33.6 Å². The average molecular weight is 243 g/mol. The maximum Gasteiger partial charge on any atom is 0.291 e. The minimum Gasteiger partial charge on any atom is -0.423 e. The summed E-state index contributed by atoms with van der Waals surface area (Å²) >= 11 is 3.18. The molecule has 2 aromatic rings. The number of nitrogens with zero attached hydrogens (tertiary/aromatic N) is 2. The molecule has 5 heteroatoms. The first-order valence-electron chi connectivity index (χ1n) is 3.66. The highest BCUT2D eigenvalue weighted by Gasteiger charge is 2.03. The van der Waals surface area contributed by atoms with Crippen LogP contribution in [0.3, 0.4) is 0 Å². The second kappa shape index (κ2) is 3.26. The summed E-state index contributed by atoms with van der Waals surface area (Å²) in [6, 6.07) is 3.50. The van der Waals surface area contributed by atoms with Crippen molar-refractivity contribution >= 4 is 15.9 Å². The molecule has 0 unspecified atom stereocenters. The number of aromatic nitrogens is 2. The van der Waals surface area contributed by atoms with Crippen molar-refractivity contribution in [2.24, 2.45) is 7.05 Å². The predicted molar refractivity (Wildman–Crippen MR) is 49.7 cm³/mol. The minimum atomic E-state index is 0.444. The molecule has 0 aliphatic carbocycles. The number of rotatable bonds is 2. The van der Waals surface area contributed by atoms with Crippen molar-refractivity contribution in [1.82, 2.24) is 9.78 Å².